The predicted molar refractivity (Wildman–Crippen MR) is 54.1 cm³/mol. The summed E-state index contributed by atoms with van der Waals surface area (Å²) in [6, 6.07) is 1.83. The van der Waals surface area contributed by atoms with Crippen molar-refractivity contribution in [3.8, 4) is 0 Å². The van der Waals surface area contributed by atoms with Crippen molar-refractivity contribution < 1.29 is 4.74 Å². The van der Waals surface area contributed by atoms with Crippen LogP contribution in [0.2, 0.25) is 0 Å². The summed E-state index contributed by atoms with van der Waals surface area (Å²) in [6.07, 6.45) is 2.00. The van der Waals surface area contributed by atoms with Crippen molar-refractivity contribution in [3.63, 3.8) is 0 Å². The molecule has 0 amide bonds. The quantitative estimate of drug-likeness (QED) is 0.754. The van der Waals surface area contributed by atoms with Crippen LogP contribution in [0.25, 0.3) is 0 Å². The van der Waals surface area contributed by atoms with Gasteiger partial charge in [0.1, 0.15) is 10.5 Å². The molecule has 0 aliphatic heterocycles. The number of hydrogen-bond donors (Lipinski definition) is 1. The second-order valence-corrected chi connectivity index (χ2v) is 3.29. The molecule has 0 radical (unpaired) electrons. The van der Waals surface area contributed by atoms with E-state index in [4.69, 9.17) is 17.0 Å². The minimum atomic E-state index is 0.558. The fraction of sp³-hybridized carbons (Fsp3) is 0.556. The van der Waals surface area contributed by atoms with Crippen LogP contribution in [0.5, 0.6) is 0 Å². The smallest absolute Gasteiger partial charge is 0.130 e. The van der Waals surface area contributed by atoms with E-state index in [1.54, 1.807) is 7.11 Å². The Morgan fingerprint density at radius 1 is 1.62 bits per heavy atom. The minimum Gasteiger partial charge on any atom is -0.378 e. The maximum absolute atomic E-state index is 5.03. The van der Waals surface area contributed by atoms with Crippen molar-refractivity contribution in [3.05, 3.63) is 22.2 Å². The number of aromatic nitrogens is 2. The number of aryl methyl sites for hydroxylation is 1. The number of methoxy groups -OCH3 is 1. The molecular weight excluding hydrogens is 184 g/mol. The van der Waals surface area contributed by atoms with Crippen molar-refractivity contribution in [1.29, 1.82) is 0 Å². The van der Waals surface area contributed by atoms with Crippen molar-refractivity contribution in [1.82, 2.24) is 9.97 Å². The van der Waals surface area contributed by atoms with Gasteiger partial charge in [-0.2, -0.15) is 0 Å². The van der Waals surface area contributed by atoms with Crippen molar-refractivity contribution in [2.75, 3.05) is 7.11 Å². The van der Waals surface area contributed by atoms with Gasteiger partial charge >= 0.3 is 0 Å². The highest BCUT2D eigenvalue weighted by molar-refractivity contribution is 7.71. The molecule has 4 heteroatoms. The molecule has 1 aromatic rings. The van der Waals surface area contributed by atoms with Gasteiger partial charge in [-0.1, -0.05) is 19.1 Å². The topological polar surface area (TPSA) is 37.9 Å². The normalized spacial score (nSPS) is 10.3. The molecule has 0 aliphatic carbocycles. The average molecular weight is 198 g/mol. The number of ether oxygens (including phenoxy) is 1. The summed E-state index contributed by atoms with van der Waals surface area (Å²) in [7, 11) is 1.66. The van der Waals surface area contributed by atoms with Gasteiger partial charge in [-0.3, -0.25) is 0 Å². The van der Waals surface area contributed by atoms with Gasteiger partial charge in [0.05, 0.1) is 6.61 Å². The van der Waals surface area contributed by atoms with Crippen LogP contribution in [0.4, 0.5) is 0 Å². The van der Waals surface area contributed by atoms with Gasteiger partial charge in [-0.15, -0.1) is 0 Å². The van der Waals surface area contributed by atoms with Crippen LogP contribution >= 0.6 is 12.2 Å². The highest BCUT2D eigenvalue weighted by Crippen LogP contribution is 2.01. The van der Waals surface area contributed by atoms with E-state index in [2.05, 4.69) is 16.9 Å². The van der Waals surface area contributed by atoms with E-state index in [1.807, 2.05) is 6.07 Å². The van der Waals surface area contributed by atoms with Gasteiger partial charge in [0, 0.05) is 19.2 Å². The molecule has 0 unspecified atom stereocenters. The van der Waals surface area contributed by atoms with E-state index in [-0.39, 0.29) is 0 Å². The summed E-state index contributed by atoms with van der Waals surface area (Å²) in [5, 5.41) is 0. The zero-order valence-corrected chi connectivity index (χ0v) is 8.78. The Kier molecular flexibility index (Phi) is 4.05. The maximum atomic E-state index is 5.03. The Labute approximate surface area is 83.2 Å². The van der Waals surface area contributed by atoms with Crippen molar-refractivity contribution in [2.24, 2.45) is 0 Å². The van der Waals surface area contributed by atoms with Crippen LogP contribution < -0.4 is 0 Å². The highest BCUT2D eigenvalue weighted by atomic mass is 32.1. The Bertz CT molecular complexity index is 294. The molecule has 1 N–H and O–H groups in total. The Morgan fingerprint density at radius 3 is 3.00 bits per heavy atom. The third kappa shape index (κ3) is 3.24. The molecule has 0 atom stereocenters. The monoisotopic (exact) mass is 198 g/mol. The van der Waals surface area contributed by atoms with Crippen LogP contribution in [-0.4, -0.2) is 17.1 Å². The summed E-state index contributed by atoms with van der Waals surface area (Å²) < 4.78 is 5.64. The fourth-order valence-electron chi connectivity index (χ4n) is 1.15. The third-order valence-corrected chi connectivity index (χ3v) is 1.84. The zero-order chi connectivity index (χ0) is 9.68. The molecule has 0 saturated carbocycles. The number of nitrogens with zero attached hydrogens (tertiary/aromatic N) is 1. The molecule has 13 heavy (non-hydrogen) atoms. The van der Waals surface area contributed by atoms with Crippen molar-refractivity contribution in [2.45, 2.75) is 26.4 Å². The van der Waals surface area contributed by atoms with Crippen LogP contribution in [0, 0.1) is 4.64 Å². The van der Waals surface area contributed by atoms with Gasteiger partial charge in [0.25, 0.3) is 0 Å². The fourth-order valence-corrected chi connectivity index (χ4v) is 1.40. The standard InChI is InChI=1S/C9H14N2OS/c1-3-4-8-10-7(6-12-2)5-9(13)11-8/h5H,3-4,6H2,1-2H3,(H,10,11,13). The summed E-state index contributed by atoms with van der Waals surface area (Å²) >= 11 is 5.03. The number of H-pyrrole nitrogens is 1. The van der Waals surface area contributed by atoms with Crippen LogP contribution in [0.3, 0.4) is 0 Å². The van der Waals surface area contributed by atoms with Crippen LogP contribution in [-0.2, 0) is 17.8 Å². The third-order valence-electron chi connectivity index (χ3n) is 1.63. The van der Waals surface area contributed by atoms with Gasteiger partial charge in [0.15, 0.2) is 0 Å². The molecule has 0 saturated heterocycles. The number of hydrogen-bond acceptors (Lipinski definition) is 3. The molecule has 1 rings (SSSR count). The lowest BCUT2D eigenvalue weighted by Gasteiger charge is -2.03. The second kappa shape index (κ2) is 5.09. The molecule has 72 valence electrons. The first-order valence-corrected chi connectivity index (χ1v) is 4.75. The van der Waals surface area contributed by atoms with Gasteiger partial charge in [-0.05, 0) is 12.5 Å². The van der Waals surface area contributed by atoms with Gasteiger partial charge < -0.3 is 9.72 Å². The van der Waals surface area contributed by atoms with Gasteiger partial charge in [0.2, 0.25) is 0 Å². The lowest BCUT2D eigenvalue weighted by Crippen LogP contribution is -2.00. The molecule has 3 nitrogen and oxygen atoms in total. The Morgan fingerprint density at radius 2 is 2.38 bits per heavy atom. The molecule has 1 aromatic heterocycles. The lowest BCUT2D eigenvalue weighted by molar-refractivity contribution is 0.181. The van der Waals surface area contributed by atoms with E-state index < -0.39 is 0 Å². The summed E-state index contributed by atoms with van der Waals surface area (Å²) in [4.78, 5) is 7.39. The first-order valence-electron chi connectivity index (χ1n) is 4.34. The van der Waals surface area contributed by atoms with E-state index in [1.165, 1.54) is 0 Å². The average Bonchev–Trinajstić information content (AvgIpc) is 2.04. The zero-order valence-electron chi connectivity index (χ0n) is 7.96. The number of rotatable bonds is 4. The highest BCUT2D eigenvalue weighted by Gasteiger charge is 1.97. The largest absolute Gasteiger partial charge is 0.378 e. The predicted octanol–water partition coefficient (Wildman–Crippen LogP) is 2.24. The lowest BCUT2D eigenvalue weighted by atomic mass is 10.3. The molecular formula is C9H14N2OS. The maximum Gasteiger partial charge on any atom is 0.130 e. The summed E-state index contributed by atoms with van der Waals surface area (Å²) in [5.74, 6) is 0.946. The van der Waals surface area contributed by atoms with Crippen LogP contribution in [0.15, 0.2) is 6.07 Å². The first kappa shape index (κ1) is 10.3. The molecule has 0 aromatic carbocycles. The van der Waals surface area contributed by atoms with Crippen molar-refractivity contribution >= 4 is 12.2 Å². The second-order valence-electron chi connectivity index (χ2n) is 2.87. The Hall–Kier alpha value is -0.740. The van der Waals surface area contributed by atoms with E-state index in [9.17, 15) is 0 Å². The Balaban J connectivity index is 2.90. The molecule has 0 spiro atoms. The first-order chi connectivity index (χ1) is 6.26. The number of nitrogens with one attached hydrogen (secondary N) is 1. The van der Waals surface area contributed by atoms with E-state index in [0.717, 1.165) is 24.4 Å². The molecule has 0 bridgehead atoms. The SMILES string of the molecule is CCCc1nc(=S)cc(COC)[nH]1. The molecule has 0 fully saturated rings. The molecule has 1 heterocycles. The minimum absolute atomic E-state index is 0.558. The number of aromatic amines is 1. The summed E-state index contributed by atoms with van der Waals surface area (Å²) in [5.41, 5.74) is 0.992. The summed E-state index contributed by atoms with van der Waals surface area (Å²) in [6.45, 7) is 2.67. The van der Waals surface area contributed by atoms with Gasteiger partial charge in [-0.25, -0.2) is 4.98 Å². The van der Waals surface area contributed by atoms with E-state index >= 15 is 0 Å². The van der Waals surface area contributed by atoms with Crippen LogP contribution in [0.1, 0.15) is 24.9 Å². The molecule has 0 aliphatic rings. The van der Waals surface area contributed by atoms with E-state index in [0.29, 0.717) is 11.2 Å².